The molecule has 9 heteroatoms. The number of aromatic amines is 1. The summed E-state index contributed by atoms with van der Waals surface area (Å²) in [6.45, 7) is 4.33. The van der Waals surface area contributed by atoms with Gasteiger partial charge < -0.3 is 5.32 Å². The molecule has 2 N–H and O–H groups in total. The molecule has 1 unspecified atom stereocenters. The summed E-state index contributed by atoms with van der Waals surface area (Å²) in [7, 11) is 0. The molecule has 1 aromatic carbocycles. The topological polar surface area (TPSA) is 101 Å². The summed E-state index contributed by atoms with van der Waals surface area (Å²) in [5, 5.41) is 13.7. The van der Waals surface area contributed by atoms with E-state index in [9.17, 15) is 4.79 Å². The molecule has 0 saturated carbocycles. The van der Waals surface area contributed by atoms with Crippen LogP contribution in [0.4, 0.5) is 0 Å². The summed E-state index contributed by atoms with van der Waals surface area (Å²) in [5.41, 5.74) is 0. The Kier molecular flexibility index (Phi) is 4.90. The number of nitrogens with one attached hydrogen (secondary N) is 2. The Morgan fingerprint density at radius 1 is 1.38 bits per heavy atom. The van der Waals surface area contributed by atoms with E-state index in [1.807, 2.05) is 30.3 Å². The van der Waals surface area contributed by atoms with Crippen LogP contribution >= 0.6 is 11.8 Å². The van der Waals surface area contributed by atoms with E-state index in [1.165, 1.54) is 15.9 Å². The van der Waals surface area contributed by atoms with Gasteiger partial charge in [-0.3, -0.25) is 4.79 Å². The average molecular weight is 343 g/mol. The van der Waals surface area contributed by atoms with Crippen LogP contribution in [-0.2, 0) is 0 Å². The van der Waals surface area contributed by atoms with Crippen molar-refractivity contribution in [1.29, 1.82) is 0 Å². The minimum Gasteiger partial charge on any atom is -0.348 e. The van der Waals surface area contributed by atoms with Gasteiger partial charge in [-0.15, -0.1) is 16.9 Å². The lowest BCUT2D eigenvalue weighted by atomic mass is 10.4. The molecule has 2 heterocycles. The van der Waals surface area contributed by atoms with Gasteiger partial charge in [-0.1, -0.05) is 25.1 Å². The molecule has 0 aliphatic carbocycles. The largest absolute Gasteiger partial charge is 0.348 e. The highest BCUT2D eigenvalue weighted by Crippen LogP contribution is 2.21. The first-order chi connectivity index (χ1) is 11.6. The second-order valence-electron chi connectivity index (χ2n) is 5.16. The number of H-pyrrole nitrogens is 1. The van der Waals surface area contributed by atoms with Crippen molar-refractivity contribution < 1.29 is 4.79 Å². The SMILES string of the molecule is Cc1nc(C(=O)NCC(C)Sc2ccccc2)nn1-c1ncn[nH]1. The molecule has 2 aromatic heterocycles. The number of rotatable bonds is 6. The van der Waals surface area contributed by atoms with Crippen molar-refractivity contribution in [1.82, 2.24) is 35.3 Å². The average Bonchev–Trinajstić information content (AvgIpc) is 3.23. The monoisotopic (exact) mass is 343 g/mol. The predicted octanol–water partition coefficient (Wildman–Crippen LogP) is 1.60. The van der Waals surface area contributed by atoms with E-state index in [4.69, 9.17) is 0 Å². The summed E-state index contributed by atoms with van der Waals surface area (Å²) < 4.78 is 1.45. The number of hydrogen-bond acceptors (Lipinski definition) is 6. The zero-order valence-corrected chi connectivity index (χ0v) is 14.1. The first kappa shape index (κ1) is 16.2. The molecular weight excluding hydrogens is 326 g/mol. The first-order valence-corrected chi connectivity index (χ1v) is 8.31. The molecule has 24 heavy (non-hydrogen) atoms. The lowest BCUT2D eigenvalue weighted by Crippen LogP contribution is -2.30. The van der Waals surface area contributed by atoms with Crippen LogP contribution in [0.25, 0.3) is 5.95 Å². The molecule has 0 spiro atoms. The highest BCUT2D eigenvalue weighted by atomic mass is 32.2. The Balaban J connectivity index is 1.58. The van der Waals surface area contributed by atoms with Crippen LogP contribution in [-0.4, -0.2) is 47.6 Å². The highest BCUT2D eigenvalue weighted by Gasteiger charge is 2.17. The third-order valence-corrected chi connectivity index (χ3v) is 4.32. The van der Waals surface area contributed by atoms with Crippen molar-refractivity contribution in [3.8, 4) is 5.95 Å². The van der Waals surface area contributed by atoms with Crippen molar-refractivity contribution >= 4 is 17.7 Å². The van der Waals surface area contributed by atoms with E-state index in [2.05, 4.69) is 37.5 Å². The first-order valence-electron chi connectivity index (χ1n) is 7.43. The number of hydrogen-bond donors (Lipinski definition) is 2. The van der Waals surface area contributed by atoms with Gasteiger partial charge in [0.25, 0.3) is 5.91 Å². The molecule has 8 nitrogen and oxygen atoms in total. The van der Waals surface area contributed by atoms with Crippen molar-refractivity contribution in [2.45, 2.75) is 24.0 Å². The Morgan fingerprint density at radius 2 is 2.17 bits per heavy atom. The van der Waals surface area contributed by atoms with Gasteiger partial charge in [0, 0.05) is 16.7 Å². The van der Waals surface area contributed by atoms with Crippen molar-refractivity contribution in [2.75, 3.05) is 6.54 Å². The number of carbonyl (C=O) groups excluding carboxylic acids is 1. The number of nitrogens with zero attached hydrogens (tertiary/aromatic N) is 5. The molecule has 0 fully saturated rings. The molecule has 124 valence electrons. The van der Waals surface area contributed by atoms with Gasteiger partial charge in [-0.2, -0.15) is 14.8 Å². The van der Waals surface area contributed by atoms with Gasteiger partial charge in [0.2, 0.25) is 11.8 Å². The van der Waals surface area contributed by atoms with Gasteiger partial charge in [0.1, 0.15) is 12.2 Å². The fraction of sp³-hybridized carbons (Fsp3) is 0.267. The van der Waals surface area contributed by atoms with E-state index < -0.39 is 0 Å². The number of carbonyl (C=O) groups is 1. The van der Waals surface area contributed by atoms with Crippen LogP contribution in [0.3, 0.4) is 0 Å². The van der Waals surface area contributed by atoms with Crippen LogP contribution in [0, 0.1) is 6.92 Å². The van der Waals surface area contributed by atoms with Crippen LogP contribution in [0.15, 0.2) is 41.6 Å². The van der Waals surface area contributed by atoms with E-state index in [1.54, 1.807) is 18.7 Å². The standard InChI is InChI=1S/C15H17N7OS/c1-10(24-12-6-4-3-5-7-12)8-16-14(23)13-19-11(2)22(21-13)15-17-9-18-20-15/h3-7,9-10H,8H2,1-2H3,(H,16,23)(H,17,18,20). The van der Waals surface area contributed by atoms with Gasteiger partial charge >= 0.3 is 0 Å². The lowest BCUT2D eigenvalue weighted by Gasteiger charge is -2.11. The predicted molar refractivity (Wildman–Crippen MR) is 90.1 cm³/mol. The summed E-state index contributed by atoms with van der Waals surface area (Å²) in [6.07, 6.45) is 1.37. The van der Waals surface area contributed by atoms with E-state index in [0.29, 0.717) is 18.3 Å². The normalized spacial score (nSPS) is 12.1. The van der Waals surface area contributed by atoms with E-state index in [-0.39, 0.29) is 17.0 Å². The van der Waals surface area contributed by atoms with Crippen molar-refractivity contribution in [3.63, 3.8) is 0 Å². The van der Waals surface area contributed by atoms with Gasteiger partial charge in [-0.05, 0) is 19.1 Å². The second kappa shape index (κ2) is 7.26. The van der Waals surface area contributed by atoms with Gasteiger partial charge in [0.05, 0.1) is 0 Å². The van der Waals surface area contributed by atoms with Crippen molar-refractivity contribution in [2.24, 2.45) is 0 Å². The summed E-state index contributed by atoms with van der Waals surface area (Å²) in [6, 6.07) is 10.1. The molecule has 3 aromatic rings. The molecule has 0 aliphatic heterocycles. The summed E-state index contributed by atoms with van der Waals surface area (Å²) in [4.78, 5) is 21.6. The smallest absolute Gasteiger partial charge is 0.291 e. The van der Waals surface area contributed by atoms with E-state index >= 15 is 0 Å². The second-order valence-corrected chi connectivity index (χ2v) is 6.67. The lowest BCUT2D eigenvalue weighted by molar-refractivity contribution is 0.0944. The molecule has 0 radical (unpaired) electrons. The Labute approximate surface area is 143 Å². The van der Waals surface area contributed by atoms with E-state index in [0.717, 1.165) is 0 Å². The Bertz CT molecular complexity index is 801. The number of aromatic nitrogens is 6. The molecular formula is C15H17N7OS. The van der Waals surface area contributed by atoms with Crippen LogP contribution in [0.5, 0.6) is 0 Å². The summed E-state index contributed by atoms with van der Waals surface area (Å²) in [5.74, 6) is 0.786. The van der Waals surface area contributed by atoms with Gasteiger partial charge in [-0.25, -0.2) is 10.1 Å². The van der Waals surface area contributed by atoms with Crippen LogP contribution in [0.2, 0.25) is 0 Å². The quantitative estimate of drug-likeness (QED) is 0.659. The highest BCUT2D eigenvalue weighted by molar-refractivity contribution is 8.00. The number of amides is 1. The molecule has 3 rings (SSSR count). The van der Waals surface area contributed by atoms with Crippen LogP contribution in [0.1, 0.15) is 23.4 Å². The molecule has 1 atom stereocenters. The van der Waals surface area contributed by atoms with Crippen molar-refractivity contribution in [3.05, 3.63) is 48.3 Å². The van der Waals surface area contributed by atoms with Gasteiger partial charge in [0.15, 0.2) is 0 Å². The maximum atomic E-state index is 12.2. The fourth-order valence-electron chi connectivity index (χ4n) is 2.08. The minimum absolute atomic E-state index is 0.112. The number of aryl methyl sites for hydroxylation is 1. The fourth-order valence-corrected chi connectivity index (χ4v) is 3.02. The molecule has 0 aliphatic rings. The molecule has 0 saturated heterocycles. The maximum absolute atomic E-state index is 12.2. The van der Waals surface area contributed by atoms with Crippen LogP contribution < -0.4 is 5.32 Å². The number of thioether (sulfide) groups is 1. The third kappa shape index (κ3) is 3.80. The minimum atomic E-state index is -0.308. The maximum Gasteiger partial charge on any atom is 0.291 e. The molecule has 0 bridgehead atoms. The summed E-state index contributed by atoms with van der Waals surface area (Å²) >= 11 is 1.70. The zero-order chi connectivity index (χ0) is 16.9. The Hall–Kier alpha value is -2.68. The number of benzene rings is 1. The Morgan fingerprint density at radius 3 is 2.88 bits per heavy atom. The molecule has 1 amide bonds. The zero-order valence-electron chi connectivity index (χ0n) is 13.3. The third-order valence-electron chi connectivity index (χ3n) is 3.21.